The zero-order chi connectivity index (χ0) is 20.3. The molecular formula is C23H39IN4O2. The average Bonchev–Trinajstić information content (AvgIpc) is 3.31. The molecule has 3 rings (SSSR count). The second kappa shape index (κ2) is 14.1. The number of ether oxygens (including phenoxy) is 2. The molecular weight excluding hydrogens is 491 g/mol. The number of nitrogens with zero attached hydrogens (tertiary/aromatic N) is 2. The monoisotopic (exact) mass is 530 g/mol. The van der Waals surface area contributed by atoms with Crippen molar-refractivity contribution in [2.24, 2.45) is 10.9 Å². The minimum atomic E-state index is 0. The lowest BCUT2D eigenvalue weighted by Crippen LogP contribution is -2.39. The van der Waals surface area contributed by atoms with Crippen LogP contribution in [0.4, 0.5) is 5.69 Å². The van der Waals surface area contributed by atoms with E-state index in [2.05, 4.69) is 51.7 Å². The Labute approximate surface area is 199 Å². The summed E-state index contributed by atoms with van der Waals surface area (Å²) >= 11 is 0. The van der Waals surface area contributed by atoms with Crippen molar-refractivity contribution in [3.05, 3.63) is 29.8 Å². The van der Waals surface area contributed by atoms with Gasteiger partial charge in [-0.2, -0.15) is 0 Å². The molecule has 2 aliphatic heterocycles. The van der Waals surface area contributed by atoms with Crippen LogP contribution in [0.2, 0.25) is 0 Å². The summed E-state index contributed by atoms with van der Waals surface area (Å²) in [5, 5.41) is 6.92. The number of benzene rings is 1. The van der Waals surface area contributed by atoms with Crippen LogP contribution in [-0.4, -0.2) is 59.1 Å². The number of rotatable bonds is 9. The Kier molecular flexibility index (Phi) is 11.8. The third-order valence-electron chi connectivity index (χ3n) is 5.87. The van der Waals surface area contributed by atoms with Crippen LogP contribution in [-0.2, 0) is 9.47 Å². The maximum atomic E-state index is 5.84. The van der Waals surface area contributed by atoms with Crippen molar-refractivity contribution in [1.82, 2.24) is 10.6 Å². The van der Waals surface area contributed by atoms with E-state index in [4.69, 9.17) is 9.47 Å². The first-order valence-electron chi connectivity index (χ1n) is 11.2. The molecule has 2 fully saturated rings. The first kappa shape index (κ1) is 25.2. The third-order valence-corrected chi connectivity index (χ3v) is 5.87. The van der Waals surface area contributed by atoms with Gasteiger partial charge in [-0.1, -0.05) is 12.1 Å². The summed E-state index contributed by atoms with van der Waals surface area (Å²) in [5.41, 5.74) is 2.62. The highest BCUT2D eigenvalue weighted by molar-refractivity contribution is 14.0. The van der Waals surface area contributed by atoms with Crippen molar-refractivity contribution >= 4 is 35.6 Å². The number of nitrogens with one attached hydrogen (secondary N) is 2. The SMILES string of the molecule is CN=C(NCCCOCC1CCOCC1)NC(C)c1cccc(N2CCCC2)c1.I. The van der Waals surface area contributed by atoms with E-state index in [-0.39, 0.29) is 30.0 Å². The molecule has 0 aliphatic carbocycles. The lowest BCUT2D eigenvalue weighted by molar-refractivity contribution is 0.0203. The van der Waals surface area contributed by atoms with Gasteiger partial charge in [-0.05, 0) is 62.6 Å². The zero-order valence-corrected chi connectivity index (χ0v) is 20.9. The molecule has 0 amide bonds. The van der Waals surface area contributed by atoms with Gasteiger partial charge in [0.05, 0.1) is 6.04 Å². The topological polar surface area (TPSA) is 58.1 Å². The summed E-state index contributed by atoms with van der Waals surface area (Å²) in [6, 6.07) is 9.07. The number of hydrogen-bond acceptors (Lipinski definition) is 4. The number of hydrogen-bond donors (Lipinski definition) is 2. The largest absolute Gasteiger partial charge is 0.381 e. The molecule has 1 unspecified atom stereocenters. The molecule has 0 aromatic heterocycles. The maximum Gasteiger partial charge on any atom is 0.191 e. The van der Waals surface area contributed by atoms with Crippen molar-refractivity contribution in [3.63, 3.8) is 0 Å². The molecule has 2 aliphatic rings. The average molecular weight is 530 g/mol. The normalized spacial score (nSPS) is 18.7. The molecule has 2 saturated heterocycles. The fourth-order valence-electron chi connectivity index (χ4n) is 3.99. The molecule has 1 atom stereocenters. The van der Waals surface area contributed by atoms with E-state index in [0.717, 1.165) is 58.2 Å². The highest BCUT2D eigenvalue weighted by Crippen LogP contribution is 2.24. The van der Waals surface area contributed by atoms with Gasteiger partial charge in [-0.25, -0.2) is 0 Å². The van der Waals surface area contributed by atoms with Gasteiger partial charge in [0.25, 0.3) is 0 Å². The quantitative estimate of drug-likeness (QED) is 0.219. The van der Waals surface area contributed by atoms with Gasteiger partial charge in [0.15, 0.2) is 5.96 Å². The Balaban J connectivity index is 0.00000320. The lowest BCUT2D eigenvalue weighted by Gasteiger charge is -2.22. The summed E-state index contributed by atoms with van der Waals surface area (Å²) < 4.78 is 11.2. The van der Waals surface area contributed by atoms with Crippen LogP contribution < -0.4 is 15.5 Å². The van der Waals surface area contributed by atoms with E-state index in [1.807, 2.05) is 7.05 Å². The van der Waals surface area contributed by atoms with Crippen LogP contribution in [0.3, 0.4) is 0 Å². The van der Waals surface area contributed by atoms with Gasteiger partial charge in [-0.3, -0.25) is 4.99 Å². The minimum Gasteiger partial charge on any atom is -0.381 e. The second-order valence-corrected chi connectivity index (χ2v) is 8.14. The van der Waals surface area contributed by atoms with Crippen LogP contribution in [0.1, 0.15) is 50.6 Å². The lowest BCUT2D eigenvalue weighted by atomic mass is 10.0. The molecule has 0 bridgehead atoms. The predicted molar refractivity (Wildman–Crippen MR) is 135 cm³/mol. The fraction of sp³-hybridized carbons (Fsp3) is 0.696. The van der Waals surface area contributed by atoms with E-state index >= 15 is 0 Å². The van der Waals surface area contributed by atoms with Gasteiger partial charge < -0.3 is 25.0 Å². The minimum absolute atomic E-state index is 0. The molecule has 2 heterocycles. The zero-order valence-electron chi connectivity index (χ0n) is 18.6. The molecule has 7 heteroatoms. The standard InChI is InChI=1S/C23H38N4O2.HI/c1-19(21-7-5-8-22(17-21)27-12-3-4-13-27)26-23(24-2)25-11-6-14-29-18-20-9-15-28-16-10-20;/h5,7-8,17,19-20H,3-4,6,9-16,18H2,1-2H3,(H2,24,25,26);1H. The van der Waals surface area contributed by atoms with E-state index in [9.17, 15) is 0 Å². The molecule has 170 valence electrons. The van der Waals surface area contributed by atoms with Crippen LogP contribution in [0, 0.1) is 5.92 Å². The molecule has 2 N–H and O–H groups in total. The van der Waals surface area contributed by atoms with E-state index < -0.39 is 0 Å². The van der Waals surface area contributed by atoms with Gasteiger partial charge in [-0.15, -0.1) is 24.0 Å². The number of guanidine groups is 1. The van der Waals surface area contributed by atoms with Gasteiger partial charge >= 0.3 is 0 Å². The number of aliphatic imine (C=N–C) groups is 1. The molecule has 6 nitrogen and oxygen atoms in total. The Morgan fingerprint density at radius 2 is 2.03 bits per heavy atom. The van der Waals surface area contributed by atoms with E-state index in [1.165, 1.54) is 37.2 Å². The van der Waals surface area contributed by atoms with Crippen LogP contribution >= 0.6 is 24.0 Å². The molecule has 30 heavy (non-hydrogen) atoms. The summed E-state index contributed by atoms with van der Waals surface area (Å²) in [5.74, 6) is 1.51. The molecule has 0 radical (unpaired) electrons. The molecule has 1 aromatic carbocycles. The first-order valence-corrected chi connectivity index (χ1v) is 11.2. The Bertz CT molecular complexity index is 631. The van der Waals surface area contributed by atoms with Crippen LogP contribution in [0.5, 0.6) is 0 Å². The molecule has 1 aromatic rings. The van der Waals surface area contributed by atoms with Crippen LogP contribution in [0.15, 0.2) is 29.3 Å². The van der Waals surface area contributed by atoms with Crippen molar-refractivity contribution in [2.75, 3.05) is 58.0 Å². The predicted octanol–water partition coefficient (Wildman–Crippen LogP) is 3.96. The van der Waals surface area contributed by atoms with Gasteiger partial charge in [0, 0.05) is 58.8 Å². The van der Waals surface area contributed by atoms with E-state index in [0.29, 0.717) is 5.92 Å². The Morgan fingerprint density at radius 1 is 1.27 bits per heavy atom. The van der Waals surface area contributed by atoms with Crippen molar-refractivity contribution in [2.45, 2.75) is 45.1 Å². The summed E-state index contributed by atoms with van der Waals surface area (Å²) in [6.07, 6.45) is 5.83. The van der Waals surface area contributed by atoms with Crippen molar-refractivity contribution in [1.29, 1.82) is 0 Å². The Hall–Kier alpha value is -1.06. The smallest absolute Gasteiger partial charge is 0.191 e. The van der Waals surface area contributed by atoms with E-state index in [1.54, 1.807) is 0 Å². The highest BCUT2D eigenvalue weighted by Gasteiger charge is 2.15. The molecule has 0 saturated carbocycles. The summed E-state index contributed by atoms with van der Waals surface area (Å²) in [7, 11) is 1.82. The summed E-state index contributed by atoms with van der Waals surface area (Å²) in [4.78, 5) is 6.85. The molecule has 0 spiro atoms. The summed E-state index contributed by atoms with van der Waals surface area (Å²) in [6.45, 7) is 8.81. The van der Waals surface area contributed by atoms with Gasteiger partial charge in [0.1, 0.15) is 0 Å². The fourth-order valence-corrected chi connectivity index (χ4v) is 3.99. The first-order chi connectivity index (χ1) is 14.3. The maximum absolute atomic E-state index is 5.84. The third kappa shape index (κ3) is 8.23. The van der Waals surface area contributed by atoms with Gasteiger partial charge in [0.2, 0.25) is 0 Å². The Morgan fingerprint density at radius 3 is 2.77 bits per heavy atom. The highest BCUT2D eigenvalue weighted by atomic mass is 127. The van der Waals surface area contributed by atoms with Crippen molar-refractivity contribution in [3.8, 4) is 0 Å². The number of halogens is 1. The number of anilines is 1. The van der Waals surface area contributed by atoms with Crippen molar-refractivity contribution < 1.29 is 9.47 Å². The second-order valence-electron chi connectivity index (χ2n) is 8.14. The van der Waals surface area contributed by atoms with Crippen LogP contribution in [0.25, 0.3) is 0 Å².